The molecule has 0 bridgehead atoms. The summed E-state index contributed by atoms with van der Waals surface area (Å²) in [4.78, 5) is 18.1. The van der Waals surface area contributed by atoms with E-state index in [1.54, 1.807) is 12.3 Å². The number of nitrogens with zero attached hydrogens (tertiary/aromatic N) is 5. The van der Waals surface area contributed by atoms with Gasteiger partial charge in [0.15, 0.2) is 33.6 Å². The van der Waals surface area contributed by atoms with Gasteiger partial charge in [0.25, 0.3) is 0 Å². The predicted octanol–water partition coefficient (Wildman–Crippen LogP) is 2.03. The van der Waals surface area contributed by atoms with Crippen LogP contribution < -0.4 is 19.9 Å². The molecule has 14 heteroatoms. The molecular formula is C20H19N7O5S2. The molecule has 0 saturated heterocycles. The highest BCUT2D eigenvalue weighted by atomic mass is 32.2. The molecule has 4 heterocycles. The minimum absolute atomic E-state index is 0.125. The number of fused-ring (bicyclic) bond motifs is 2. The zero-order valence-corrected chi connectivity index (χ0v) is 19.3. The van der Waals surface area contributed by atoms with E-state index in [0.717, 1.165) is 4.90 Å². The first kappa shape index (κ1) is 21.2. The molecule has 1 fully saturated rings. The van der Waals surface area contributed by atoms with Crippen LogP contribution in [0, 0.1) is 0 Å². The highest BCUT2D eigenvalue weighted by molar-refractivity contribution is 7.99. The van der Waals surface area contributed by atoms with Crippen molar-refractivity contribution in [3.63, 3.8) is 0 Å². The first-order chi connectivity index (χ1) is 16.5. The van der Waals surface area contributed by atoms with Crippen LogP contribution in [0.1, 0.15) is 12.8 Å². The van der Waals surface area contributed by atoms with E-state index >= 15 is 0 Å². The van der Waals surface area contributed by atoms with Gasteiger partial charge in [-0.15, -0.1) is 0 Å². The van der Waals surface area contributed by atoms with Crippen LogP contribution in [0.5, 0.6) is 11.5 Å². The van der Waals surface area contributed by atoms with Crippen molar-refractivity contribution in [1.29, 1.82) is 0 Å². The van der Waals surface area contributed by atoms with E-state index < -0.39 is 10.0 Å². The second-order valence-corrected chi connectivity index (χ2v) is 10.8. The Morgan fingerprint density at radius 1 is 1.18 bits per heavy atom. The summed E-state index contributed by atoms with van der Waals surface area (Å²) in [6.45, 7) is 0.621. The smallest absolute Gasteiger partial charge is 0.231 e. The van der Waals surface area contributed by atoms with Crippen molar-refractivity contribution in [3.05, 3.63) is 30.9 Å². The van der Waals surface area contributed by atoms with Gasteiger partial charge < -0.3 is 24.2 Å². The third-order valence-electron chi connectivity index (χ3n) is 5.47. The lowest BCUT2D eigenvalue weighted by atomic mass is 10.2. The number of benzene rings is 1. The monoisotopic (exact) mass is 501 g/mol. The summed E-state index contributed by atoms with van der Waals surface area (Å²) in [6.07, 6.45) is 5.80. The molecule has 0 amide bonds. The molecule has 34 heavy (non-hydrogen) atoms. The van der Waals surface area contributed by atoms with Crippen LogP contribution in [0.2, 0.25) is 0 Å². The van der Waals surface area contributed by atoms with E-state index in [0.29, 0.717) is 58.7 Å². The third-order valence-corrected chi connectivity index (χ3v) is 8.47. The number of nitrogens with two attached hydrogens (primary N) is 1. The van der Waals surface area contributed by atoms with Gasteiger partial charge in [-0.05, 0) is 25.0 Å². The standard InChI is InChI=1S/C20H19N7O5S2/c21-17-16-18(24-9-23-17)27(5-3-25-34(28,29)11-1-2-11)20(26-16)33-15-8-14-13(31-10-32-14)7-12(15)19-22-4-6-30-19/h4,6-9,11,25H,1-3,5,10H2,(H2,21,23,24). The molecular weight excluding hydrogens is 482 g/mol. The quantitative estimate of drug-likeness (QED) is 0.363. The summed E-state index contributed by atoms with van der Waals surface area (Å²) in [6, 6.07) is 3.64. The minimum atomic E-state index is -3.32. The van der Waals surface area contributed by atoms with Crippen molar-refractivity contribution in [2.45, 2.75) is 34.7 Å². The van der Waals surface area contributed by atoms with Crippen molar-refractivity contribution in [2.24, 2.45) is 0 Å². The Morgan fingerprint density at radius 3 is 2.76 bits per heavy atom. The molecule has 12 nitrogen and oxygen atoms in total. The maximum atomic E-state index is 12.3. The van der Waals surface area contributed by atoms with Gasteiger partial charge in [-0.1, -0.05) is 11.8 Å². The fourth-order valence-corrected chi connectivity index (χ4v) is 6.05. The average molecular weight is 502 g/mol. The van der Waals surface area contributed by atoms with Gasteiger partial charge in [0.1, 0.15) is 12.6 Å². The zero-order valence-electron chi connectivity index (χ0n) is 17.7. The Hall–Kier alpha value is -3.36. The van der Waals surface area contributed by atoms with Crippen molar-refractivity contribution < 1.29 is 22.3 Å². The molecule has 0 atom stereocenters. The molecule has 2 aliphatic rings. The molecule has 3 N–H and O–H groups in total. The van der Waals surface area contributed by atoms with E-state index in [-0.39, 0.29) is 24.4 Å². The lowest BCUT2D eigenvalue weighted by Gasteiger charge is -2.11. The minimum Gasteiger partial charge on any atom is -0.454 e. The van der Waals surface area contributed by atoms with Crippen LogP contribution in [0.3, 0.4) is 0 Å². The maximum absolute atomic E-state index is 12.3. The van der Waals surface area contributed by atoms with Crippen molar-refractivity contribution >= 4 is 38.8 Å². The number of imidazole rings is 1. The highest BCUT2D eigenvalue weighted by Crippen LogP contribution is 2.44. The Balaban J connectivity index is 1.38. The molecule has 0 spiro atoms. The molecule has 1 saturated carbocycles. The molecule has 1 aliphatic carbocycles. The number of oxazole rings is 1. The topological polar surface area (TPSA) is 160 Å². The van der Waals surface area contributed by atoms with Crippen molar-refractivity contribution in [3.8, 4) is 23.0 Å². The summed E-state index contributed by atoms with van der Waals surface area (Å²) in [5, 5.41) is 0.260. The van der Waals surface area contributed by atoms with Gasteiger partial charge in [-0.2, -0.15) is 0 Å². The Bertz CT molecular complexity index is 1480. The SMILES string of the molecule is Nc1ncnc2c1nc(Sc1cc3c(cc1-c1ncco1)OCO3)n2CCNS(=O)(=O)C1CC1. The van der Waals surface area contributed by atoms with E-state index in [9.17, 15) is 8.42 Å². The maximum Gasteiger partial charge on any atom is 0.231 e. The number of nitrogens with one attached hydrogen (secondary N) is 1. The second-order valence-electron chi connectivity index (χ2n) is 7.76. The van der Waals surface area contributed by atoms with Gasteiger partial charge in [0, 0.05) is 18.0 Å². The molecule has 3 aromatic heterocycles. The lowest BCUT2D eigenvalue weighted by molar-refractivity contribution is 0.174. The van der Waals surface area contributed by atoms with Crippen molar-refractivity contribution in [2.75, 3.05) is 19.1 Å². The second kappa shape index (κ2) is 8.14. The summed E-state index contributed by atoms with van der Waals surface area (Å²) < 4.78 is 45.6. The number of sulfonamides is 1. The first-order valence-corrected chi connectivity index (χ1v) is 12.8. The molecule has 1 aliphatic heterocycles. The molecule has 4 aromatic rings. The number of rotatable bonds is 8. The molecule has 1 aromatic carbocycles. The molecule has 0 radical (unpaired) electrons. The normalized spacial score (nSPS) is 15.3. The number of anilines is 1. The van der Waals surface area contributed by atoms with Gasteiger partial charge in [-0.25, -0.2) is 33.1 Å². The summed E-state index contributed by atoms with van der Waals surface area (Å²) in [7, 11) is -3.32. The number of nitrogen functional groups attached to an aromatic ring is 1. The fraction of sp³-hybridized carbons (Fsp3) is 0.300. The summed E-state index contributed by atoms with van der Waals surface area (Å²) in [5.41, 5.74) is 7.70. The largest absolute Gasteiger partial charge is 0.454 e. The highest BCUT2D eigenvalue weighted by Gasteiger charge is 2.35. The molecule has 6 rings (SSSR count). The molecule has 0 unspecified atom stereocenters. The van der Waals surface area contributed by atoms with Crippen LogP contribution in [-0.4, -0.2) is 51.5 Å². The number of hydrogen-bond acceptors (Lipinski definition) is 11. The van der Waals surface area contributed by atoms with Crippen LogP contribution in [0.15, 0.2) is 45.4 Å². The molecule has 176 valence electrons. The number of ether oxygens (including phenoxy) is 2. The average Bonchev–Trinajstić information content (AvgIpc) is 3.21. The lowest BCUT2D eigenvalue weighted by Crippen LogP contribution is -2.30. The summed E-state index contributed by atoms with van der Waals surface area (Å²) in [5.74, 6) is 1.84. The van der Waals surface area contributed by atoms with Gasteiger partial charge in [-0.3, -0.25) is 0 Å². The van der Waals surface area contributed by atoms with Crippen molar-refractivity contribution in [1.82, 2.24) is 29.2 Å². The number of aromatic nitrogens is 5. The summed E-state index contributed by atoms with van der Waals surface area (Å²) >= 11 is 1.33. The van der Waals surface area contributed by atoms with Gasteiger partial charge in [0.05, 0.1) is 17.0 Å². The first-order valence-electron chi connectivity index (χ1n) is 10.5. The third kappa shape index (κ3) is 3.82. The van der Waals surface area contributed by atoms with E-state index in [2.05, 4.69) is 24.7 Å². The van der Waals surface area contributed by atoms with Crippen LogP contribution in [-0.2, 0) is 16.6 Å². The van der Waals surface area contributed by atoms with Crippen LogP contribution in [0.25, 0.3) is 22.6 Å². The zero-order chi connectivity index (χ0) is 23.3. The van der Waals surface area contributed by atoms with Gasteiger partial charge >= 0.3 is 0 Å². The van der Waals surface area contributed by atoms with E-state index in [4.69, 9.17) is 19.6 Å². The van der Waals surface area contributed by atoms with Crippen LogP contribution >= 0.6 is 11.8 Å². The Kier molecular flexibility index (Phi) is 5.08. The Labute approximate surface area is 197 Å². The van der Waals surface area contributed by atoms with E-state index in [1.807, 2.05) is 10.6 Å². The van der Waals surface area contributed by atoms with Crippen LogP contribution in [0.4, 0.5) is 5.82 Å². The fourth-order valence-electron chi connectivity index (χ4n) is 3.64. The van der Waals surface area contributed by atoms with Gasteiger partial charge in [0.2, 0.25) is 22.7 Å². The Morgan fingerprint density at radius 2 is 2.00 bits per heavy atom. The van der Waals surface area contributed by atoms with E-state index in [1.165, 1.54) is 24.4 Å². The predicted molar refractivity (Wildman–Crippen MR) is 122 cm³/mol. The number of hydrogen-bond donors (Lipinski definition) is 2.